The van der Waals surface area contributed by atoms with Gasteiger partial charge in [0, 0.05) is 18.6 Å². The van der Waals surface area contributed by atoms with Crippen LogP contribution in [0.3, 0.4) is 0 Å². The van der Waals surface area contributed by atoms with Crippen LogP contribution in [0.15, 0.2) is 53.4 Å². The van der Waals surface area contributed by atoms with E-state index in [2.05, 4.69) is 24.0 Å². The summed E-state index contributed by atoms with van der Waals surface area (Å²) in [6, 6.07) is 15.1. The standard InChI is InChI=1S/C25H33ClN4O5S/c1-25(2,14-18-4-6-20(34-3)7-5-18)28-16-19(31)17-35-21-8-10-22(11-9-21)36(32,33)29-30-13-12-23(26)24(30)15-27/h4-11,19,23-24,28-29,31H,12-14,16-17H2,1-3H3/t19-,23?,24?/m1/s1. The first-order chi connectivity index (χ1) is 17.0. The highest BCUT2D eigenvalue weighted by atomic mass is 35.5. The van der Waals surface area contributed by atoms with Crippen LogP contribution in [0.5, 0.6) is 11.5 Å². The number of β-amino-alcohol motifs (C(OH)–C–C–N with tert-alkyl or cyclic N) is 1. The topological polar surface area (TPSA) is 124 Å². The van der Waals surface area contributed by atoms with E-state index in [4.69, 9.17) is 21.1 Å². The quantitative estimate of drug-likeness (QED) is 0.353. The molecule has 2 aromatic carbocycles. The van der Waals surface area contributed by atoms with Crippen LogP contribution < -0.4 is 19.6 Å². The zero-order valence-corrected chi connectivity index (χ0v) is 22.2. The Morgan fingerprint density at radius 2 is 1.83 bits per heavy atom. The summed E-state index contributed by atoms with van der Waals surface area (Å²) in [5.41, 5.74) is 0.904. The Balaban J connectivity index is 1.46. The van der Waals surface area contributed by atoms with E-state index in [0.717, 1.165) is 17.7 Å². The lowest BCUT2D eigenvalue weighted by Crippen LogP contribution is -2.46. The number of hydrogen-bond acceptors (Lipinski definition) is 8. The molecular formula is C25H33ClN4O5S. The van der Waals surface area contributed by atoms with E-state index in [-0.39, 0.29) is 17.0 Å². The number of nitrogens with one attached hydrogen (secondary N) is 2. The molecule has 0 spiro atoms. The van der Waals surface area contributed by atoms with E-state index in [0.29, 0.717) is 25.3 Å². The first-order valence-corrected chi connectivity index (χ1v) is 13.6. The minimum Gasteiger partial charge on any atom is -0.497 e. The molecule has 196 valence electrons. The number of benzene rings is 2. The molecule has 0 radical (unpaired) electrons. The Morgan fingerprint density at radius 3 is 2.44 bits per heavy atom. The zero-order valence-electron chi connectivity index (χ0n) is 20.6. The number of aliphatic hydroxyl groups excluding tert-OH is 1. The summed E-state index contributed by atoms with van der Waals surface area (Å²) in [4.78, 5) is 2.46. The molecular weight excluding hydrogens is 504 g/mol. The molecule has 1 aliphatic heterocycles. The highest BCUT2D eigenvalue weighted by Gasteiger charge is 2.35. The fourth-order valence-electron chi connectivity index (χ4n) is 3.89. The van der Waals surface area contributed by atoms with Crippen molar-refractivity contribution in [2.24, 2.45) is 0 Å². The summed E-state index contributed by atoms with van der Waals surface area (Å²) in [7, 11) is -2.23. The van der Waals surface area contributed by atoms with Crippen molar-refractivity contribution in [1.29, 1.82) is 5.26 Å². The molecule has 0 saturated carbocycles. The molecule has 2 aromatic rings. The second kappa shape index (κ2) is 12.2. The number of nitrogens with zero attached hydrogens (tertiary/aromatic N) is 2. The minimum absolute atomic E-state index is 0.0343. The molecule has 0 aromatic heterocycles. The summed E-state index contributed by atoms with van der Waals surface area (Å²) in [5, 5.41) is 23.9. The van der Waals surface area contributed by atoms with Gasteiger partial charge in [0.15, 0.2) is 0 Å². The van der Waals surface area contributed by atoms with E-state index >= 15 is 0 Å². The van der Waals surface area contributed by atoms with Crippen molar-refractivity contribution in [3.05, 3.63) is 54.1 Å². The normalized spacial score (nSPS) is 19.6. The fraction of sp³-hybridized carbons (Fsp3) is 0.480. The highest BCUT2D eigenvalue weighted by molar-refractivity contribution is 7.89. The lowest BCUT2D eigenvalue weighted by Gasteiger charge is -2.28. The van der Waals surface area contributed by atoms with Gasteiger partial charge >= 0.3 is 0 Å². The predicted octanol–water partition coefficient (Wildman–Crippen LogP) is 2.44. The fourth-order valence-corrected chi connectivity index (χ4v) is 5.29. The van der Waals surface area contributed by atoms with Crippen LogP contribution in [0.2, 0.25) is 0 Å². The van der Waals surface area contributed by atoms with Crippen LogP contribution in [0.1, 0.15) is 25.8 Å². The Hall–Kier alpha value is -2.39. The Morgan fingerprint density at radius 1 is 1.19 bits per heavy atom. The summed E-state index contributed by atoms with van der Waals surface area (Å²) in [5.74, 6) is 1.24. The van der Waals surface area contributed by atoms with Crippen molar-refractivity contribution in [2.75, 3.05) is 26.8 Å². The molecule has 1 fully saturated rings. The second-order valence-electron chi connectivity index (χ2n) is 9.39. The molecule has 3 rings (SSSR count). The lowest BCUT2D eigenvalue weighted by molar-refractivity contribution is 0.0988. The van der Waals surface area contributed by atoms with Crippen molar-refractivity contribution in [2.45, 2.75) is 54.6 Å². The van der Waals surface area contributed by atoms with Gasteiger partial charge in [-0.1, -0.05) is 12.1 Å². The van der Waals surface area contributed by atoms with E-state index in [1.54, 1.807) is 7.11 Å². The maximum atomic E-state index is 12.7. The number of nitriles is 1. The van der Waals surface area contributed by atoms with Crippen LogP contribution >= 0.6 is 11.6 Å². The molecule has 1 saturated heterocycles. The third-order valence-corrected chi connectivity index (χ3v) is 7.72. The van der Waals surface area contributed by atoms with Gasteiger partial charge in [0.1, 0.15) is 30.3 Å². The first-order valence-electron chi connectivity index (χ1n) is 11.6. The molecule has 0 aliphatic carbocycles. The van der Waals surface area contributed by atoms with Crippen LogP contribution in [0.25, 0.3) is 0 Å². The zero-order chi connectivity index (χ0) is 26.3. The van der Waals surface area contributed by atoms with Crippen LogP contribution in [0.4, 0.5) is 0 Å². The average Bonchev–Trinajstić information content (AvgIpc) is 3.20. The van der Waals surface area contributed by atoms with Crippen LogP contribution in [-0.4, -0.2) is 68.4 Å². The summed E-state index contributed by atoms with van der Waals surface area (Å²) in [6.45, 7) is 4.86. The van der Waals surface area contributed by atoms with Gasteiger partial charge in [0.2, 0.25) is 0 Å². The second-order valence-corrected chi connectivity index (χ2v) is 11.6. The summed E-state index contributed by atoms with van der Waals surface area (Å²) in [6.07, 6.45) is 0.532. The Kier molecular flexibility index (Phi) is 9.58. The van der Waals surface area contributed by atoms with Crippen molar-refractivity contribution in [3.63, 3.8) is 0 Å². The Labute approximate surface area is 218 Å². The average molecular weight is 537 g/mol. The van der Waals surface area contributed by atoms with Crippen LogP contribution in [-0.2, 0) is 16.4 Å². The molecule has 11 heteroatoms. The van der Waals surface area contributed by atoms with Gasteiger partial charge in [-0.3, -0.25) is 0 Å². The highest BCUT2D eigenvalue weighted by Crippen LogP contribution is 2.23. The number of aliphatic hydroxyl groups is 1. The number of halogens is 1. The number of hydrazine groups is 1. The minimum atomic E-state index is -3.87. The van der Waals surface area contributed by atoms with E-state index in [9.17, 15) is 18.8 Å². The van der Waals surface area contributed by atoms with Crippen molar-refractivity contribution >= 4 is 21.6 Å². The first kappa shape index (κ1) is 28.2. The molecule has 36 heavy (non-hydrogen) atoms. The number of hydrogen-bond donors (Lipinski definition) is 3. The number of ether oxygens (including phenoxy) is 2. The smallest absolute Gasteiger partial charge is 0.253 e. The molecule has 3 atom stereocenters. The van der Waals surface area contributed by atoms with E-state index in [1.807, 2.05) is 30.3 Å². The van der Waals surface area contributed by atoms with Crippen molar-refractivity contribution in [3.8, 4) is 17.6 Å². The number of rotatable bonds is 12. The summed E-state index contributed by atoms with van der Waals surface area (Å²) >= 11 is 6.08. The molecule has 2 unspecified atom stereocenters. The van der Waals surface area contributed by atoms with Gasteiger partial charge in [-0.15, -0.1) is 16.4 Å². The predicted molar refractivity (Wildman–Crippen MR) is 137 cm³/mol. The number of alkyl halides is 1. The molecule has 0 bridgehead atoms. The van der Waals surface area contributed by atoms with Gasteiger partial charge in [-0.05, 0) is 68.7 Å². The van der Waals surface area contributed by atoms with Gasteiger partial charge in [0.05, 0.1) is 23.5 Å². The van der Waals surface area contributed by atoms with Crippen molar-refractivity contribution < 1.29 is 23.0 Å². The molecule has 3 N–H and O–H groups in total. The molecule has 1 heterocycles. The maximum absolute atomic E-state index is 12.7. The van der Waals surface area contributed by atoms with Gasteiger partial charge < -0.3 is 19.9 Å². The number of methoxy groups -OCH3 is 1. The summed E-state index contributed by atoms with van der Waals surface area (Å²) < 4.78 is 36.2. The molecule has 1 aliphatic rings. The maximum Gasteiger partial charge on any atom is 0.253 e. The van der Waals surface area contributed by atoms with E-state index < -0.39 is 27.5 Å². The molecule has 9 nitrogen and oxygen atoms in total. The third-order valence-electron chi connectivity index (χ3n) is 5.89. The Bertz CT molecular complexity index is 1140. The van der Waals surface area contributed by atoms with Gasteiger partial charge in [-0.25, -0.2) is 13.4 Å². The van der Waals surface area contributed by atoms with Crippen molar-refractivity contribution in [1.82, 2.24) is 15.2 Å². The number of sulfonamides is 1. The third kappa shape index (κ3) is 7.80. The lowest BCUT2D eigenvalue weighted by atomic mass is 9.94. The van der Waals surface area contributed by atoms with Gasteiger partial charge in [0.25, 0.3) is 10.0 Å². The SMILES string of the molecule is COc1ccc(CC(C)(C)NC[C@@H](O)COc2ccc(S(=O)(=O)NN3CCC(Cl)C3C#N)cc2)cc1. The van der Waals surface area contributed by atoms with Crippen LogP contribution in [0, 0.1) is 11.3 Å². The largest absolute Gasteiger partial charge is 0.497 e. The van der Waals surface area contributed by atoms with E-state index in [1.165, 1.54) is 29.3 Å². The molecule has 0 amide bonds. The monoisotopic (exact) mass is 536 g/mol. The van der Waals surface area contributed by atoms with Gasteiger partial charge in [-0.2, -0.15) is 5.26 Å².